The highest BCUT2D eigenvalue weighted by atomic mass is 35.5. The minimum absolute atomic E-state index is 0.210. The molecular formula is C24H25ClFN5O4. The normalized spacial score (nSPS) is 16.9. The maximum Gasteiger partial charge on any atom is 0.410 e. The van der Waals surface area contributed by atoms with Crippen molar-refractivity contribution in [2.24, 2.45) is 0 Å². The Balaban J connectivity index is 1.24. The van der Waals surface area contributed by atoms with E-state index in [2.05, 4.69) is 20.2 Å². The fourth-order valence-corrected chi connectivity index (χ4v) is 4.68. The highest BCUT2D eigenvalue weighted by Crippen LogP contribution is 2.36. The Morgan fingerprint density at radius 2 is 2.03 bits per heavy atom. The van der Waals surface area contributed by atoms with Crippen LogP contribution in [0.25, 0.3) is 10.9 Å². The number of nitrogens with zero attached hydrogens (tertiary/aromatic N) is 4. The number of rotatable bonds is 8. The monoisotopic (exact) mass is 501 g/mol. The summed E-state index contributed by atoms with van der Waals surface area (Å²) in [6.07, 6.45) is 1.92. The molecular weight excluding hydrogens is 477 g/mol. The summed E-state index contributed by atoms with van der Waals surface area (Å²) in [6.45, 7) is 3.38. The van der Waals surface area contributed by atoms with E-state index in [1.165, 1.54) is 24.5 Å². The zero-order valence-corrected chi connectivity index (χ0v) is 20.1. The third-order valence-corrected chi connectivity index (χ3v) is 6.38. The smallest absolute Gasteiger partial charge is 0.410 e. The molecule has 0 saturated carbocycles. The molecule has 5 rings (SSSR count). The molecule has 1 amide bonds. The maximum atomic E-state index is 14.3. The molecule has 184 valence electrons. The predicted molar refractivity (Wildman–Crippen MR) is 129 cm³/mol. The number of benzene rings is 2. The van der Waals surface area contributed by atoms with Gasteiger partial charge in [0.1, 0.15) is 18.0 Å². The first kappa shape index (κ1) is 23.4. The summed E-state index contributed by atoms with van der Waals surface area (Å²) in [5, 5.41) is 4.05. The molecule has 0 aliphatic carbocycles. The Kier molecular flexibility index (Phi) is 6.24. The Hall–Kier alpha value is -3.37. The fraction of sp³-hybridized carbons (Fsp3) is 0.375. The van der Waals surface area contributed by atoms with E-state index in [9.17, 15) is 9.18 Å². The van der Waals surface area contributed by atoms with Crippen molar-refractivity contribution in [3.05, 3.63) is 47.5 Å². The van der Waals surface area contributed by atoms with Crippen molar-refractivity contribution in [2.75, 3.05) is 52.3 Å². The number of carbonyl (C=O) groups excluding carboxylic acids is 1. The minimum Gasteiger partial charge on any atom is -0.493 e. The largest absolute Gasteiger partial charge is 0.493 e. The third-order valence-electron chi connectivity index (χ3n) is 6.14. The molecule has 0 radical (unpaired) electrons. The third kappa shape index (κ3) is 4.76. The van der Waals surface area contributed by atoms with Crippen LogP contribution in [0.15, 0.2) is 36.7 Å². The summed E-state index contributed by atoms with van der Waals surface area (Å²) in [4.78, 5) is 24.1. The number of aromatic nitrogens is 2. The van der Waals surface area contributed by atoms with Crippen LogP contribution in [0, 0.1) is 5.82 Å². The van der Waals surface area contributed by atoms with E-state index >= 15 is 0 Å². The zero-order valence-electron chi connectivity index (χ0n) is 19.4. The van der Waals surface area contributed by atoms with Crippen molar-refractivity contribution in [1.82, 2.24) is 19.8 Å². The summed E-state index contributed by atoms with van der Waals surface area (Å²) in [7, 11) is 3.32. The number of likely N-dealkylation sites (tertiary alicyclic amines) is 1. The van der Waals surface area contributed by atoms with E-state index in [4.69, 9.17) is 25.8 Å². The molecule has 0 atom stereocenters. The van der Waals surface area contributed by atoms with Crippen molar-refractivity contribution in [3.63, 3.8) is 0 Å². The molecule has 3 heterocycles. The van der Waals surface area contributed by atoms with Gasteiger partial charge in [0, 0.05) is 43.2 Å². The van der Waals surface area contributed by atoms with Crippen LogP contribution in [0.4, 0.5) is 20.7 Å². The number of anilines is 2. The van der Waals surface area contributed by atoms with Crippen molar-refractivity contribution in [2.45, 2.75) is 12.0 Å². The quantitative estimate of drug-likeness (QED) is 0.462. The van der Waals surface area contributed by atoms with E-state index in [1.807, 2.05) is 0 Å². The van der Waals surface area contributed by atoms with Crippen LogP contribution < -0.4 is 14.8 Å². The molecule has 0 bridgehead atoms. The second-order valence-electron chi connectivity index (χ2n) is 8.81. The van der Waals surface area contributed by atoms with E-state index in [0.717, 1.165) is 26.1 Å². The zero-order chi connectivity index (χ0) is 24.6. The second-order valence-corrected chi connectivity index (χ2v) is 9.25. The van der Waals surface area contributed by atoms with Gasteiger partial charge in [-0.15, -0.1) is 0 Å². The molecule has 1 N–H and O–H groups in total. The lowest BCUT2D eigenvalue weighted by Crippen LogP contribution is -2.63. The molecule has 3 aromatic rings. The van der Waals surface area contributed by atoms with Gasteiger partial charge in [-0.2, -0.15) is 0 Å². The van der Waals surface area contributed by atoms with Gasteiger partial charge < -0.3 is 24.4 Å². The number of hydrogen-bond acceptors (Lipinski definition) is 8. The average Bonchev–Trinajstić information content (AvgIpc) is 3.12. The lowest BCUT2D eigenvalue weighted by atomic mass is 9.94. The van der Waals surface area contributed by atoms with E-state index < -0.39 is 5.82 Å². The van der Waals surface area contributed by atoms with Crippen molar-refractivity contribution in [1.29, 1.82) is 0 Å². The standard InChI is InChI=1S/C24H25ClFN5O4/c1-30-11-24(35-23(30)32)12-31(13-24)6-3-7-34-21-9-16-18(10-20(21)33-2)27-14-28-22(16)29-19-8-15(25)4-5-17(19)26/h4-5,8-10,14H,3,6-7,11-13H2,1-2H3,(H,27,28,29). The Labute approximate surface area is 206 Å². The fourth-order valence-electron chi connectivity index (χ4n) is 4.51. The number of fused-ring (bicyclic) bond motifs is 1. The van der Waals surface area contributed by atoms with E-state index in [0.29, 0.717) is 46.4 Å². The van der Waals surface area contributed by atoms with Gasteiger partial charge in [0.05, 0.1) is 31.5 Å². The van der Waals surface area contributed by atoms with Gasteiger partial charge in [0.15, 0.2) is 17.1 Å². The number of halogens is 2. The van der Waals surface area contributed by atoms with Gasteiger partial charge in [-0.05, 0) is 30.7 Å². The highest BCUT2D eigenvalue weighted by molar-refractivity contribution is 6.30. The van der Waals surface area contributed by atoms with Crippen molar-refractivity contribution >= 4 is 40.1 Å². The summed E-state index contributed by atoms with van der Waals surface area (Å²) in [5.41, 5.74) is 0.471. The Morgan fingerprint density at radius 1 is 1.20 bits per heavy atom. The molecule has 0 unspecified atom stereocenters. The first-order chi connectivity index (χ1) is 16.9. The van der Waals surface area contributed by atoms with Gasteiger partial charge >= 0.3 is 6.09 Å². The molecule has 2 aliphatic heterocycles. The lowest BCUT2D eigenvalue weighted by molar-refractivity contribution is -0.0742. The summed E-state index contributed by atoms with van der Waals surface area (Å²) < 4.78 is 31.3. The SMILES string of the molecule is COc1cc2ncnc(Nc3cc(Cl)ccc3F)c2cc1OCCCN1CC2(C1)CN(C)C(=O)O2. The van der Waals surface area contributed by atoms with E-state index in [1.54, 1.807) is 31.2 Å². The van der Waals surface area contributed by atoms with Gasteiger partial charge in [0.2, 0.25) is 0 Å². The van der Waals surface area contributed by atoms with Crippen LogP contribution in [0.3, 0.4) is 0 Å². The van der Waals surface area contributed by atoms with Crippen LogP contribution in [0.2, 0.25) is 5.02 Å². The van der Waals surface area contributed by atoms with Crippen LogP contribution >= 0.6 is 11.6 Å². The van der Waals surface area contributed by atoms with Crippen LogP contribution in [-0.2, 0) is 4.74 Å². The number of likely N-dealkylation sites (N-methyl/N-ethyl adjacent to an activating group) is 1. The number of methoxy groups -OCH3 is 1. The van der Waals surface area contributed by atoms with E-state index in [-0.39, 0.29) is 17.4 Å². The summed E-state index contributed by atoms with van der Waals surface area (Å²) >= 11 is 6.02. The number of nitrogens with one attached hydrogen (secondary N) is 1. The van der Waals surface area contributed by atoms with Gasteiger partial charge in [0.25, 0.3) is 0 Å². The van der Waals surface area contributed by atoms with Gasteiger partial charge in [-0.1, -0.05) is 11.6 Å². The molecule has 1 aromatic heterocycles. The van der Waals surface area contributed by atoms with Crippen LogP contribution in [0.1, 0.15) is 6.42 Å². The maximum absolute atomic E-state index is 14.3. The first-order valence-corrected chi connectivity index (χ1v) is 11.6. The number of hydrogen-bond donors (Lipinski definition) is 1. The van der Waals surface area contributed by atoms with Crippen LogP contribution in [-0.4, -0.2) is 78.4 Å². The first-order valence-electron chi connectivity index (χ1n) is 11.2. The average molecular weight is 502 g/mol. The summed E-state index contributed by atoms with van der Waals surface area (Å²) in [6, 6.07) is 7.81. The summed E-state index contributed by atoms with van der Waals surface area (Å²) in [5.74, 6) is 1.05. The Bertz CT molecular complexity index is 1270. The molecule has 2 saturated heterocycles. The molecule has 2 aliphatic rings. The number of carbonyl (C=O) groups is 1. The van der Waals surface area contributed by atoms with Crippen molar-refractivity contribution < 1.29 is 23.4 Å². The molecule has 9 nitrogen and oxygen atoms in total. The molecule has 2 aromatic carbocycles. The lowest BCUT2D eigenvalue weighted by Gasteiger charge is -2.45. The minimum atomic E-state index is -0.446. The second kappa shape index (κ2) is 9.35. The molecule has 11 heteroatoms. The number of amides is 1. The molecule has 2 fully saturated rings. The molecule has 1 spiro atoms. The highest BCUT2D eigenvalue weighted by Gasteiger charge is 2.52. The van der Waals surface area contributed by atoms with Crippen LogP contribution in [0.5, 0.6) is 11.5 Å². The Morgan fingerprint density at radius 3 is 2.77 bits per heavy atom. The van der Waals surface area contributed by atoms with Gasteiger partial charge in [-0.3, -0.25) is 4.90 Å². The number of ether oxygens (including phenoxy) is 3. The topological polar surface area (TPSA) is 89.1 Å². The van der Waals surface area contributed by atoms with Gasteiger partial charge in [-0.25, -0.2) is 19.2 Å². The molecule has 35 heavy (non-hydrogen) atoms. The van der Waals surface area contributed by atoms with Crippen molar-refractivity contribution in [3.8, 4) is 11.5 Å². The predicted octanol–water partition coefficient (Wildman–Crippen LogP) is 4.08.